The van der Waals surface area contributed by atoms with Gasteiger partial charge in [-0.05, 0) is 53.4 Å². The zero-order valence-electron chi connectivity index (χ0n) is 9.79. The lowest BCUT2D eigenvalue weighted by Crippen LogP contribution is -2.47. The van der Waals surface area contributed by atoms with Gasteiger partial charge in [0.1, 0.15) is 5.78 Å². The Morgan fingerprint density at radius 2 is 2.14 bits per heavy atom. The molecule has 0 aromatic heterocycles. The Hall–Kier alpha value is -0.410. The molecule has 1 saturated heterocycles. The average Bonchev–Trinajstić information content (AvgIpc) is 2.02. The van der Waals surface area contributed by atoms with E-state index in [1.165, 1.54) is 19.4 Å². The molecule has 0 aliphatic carbocycles. The van der Waals surface area contributed by atoms with E-state index in [1.807, 2.05) is 14.1 Å². The first-order chi connectivity index (χ1) is 6.52. The number of likely N-dealkylation sites (N-methyl/N-ethyl adjacent to an activating group) is 1. The van der Waals surface area contributed by atoms with Crippen LogP contribution in [0.15, 0.2) is 0 Å². The lowest BCUT2D eigenvalue weighted by Gasteiger charge is -2.36. The molecular formula is C11H22N2O. The number of carbonyl (C=O) groups is 1. The molecule has 0 spiro atoms. The first-order valence-corrected chi connectivity index (χ1v) is 5.37. The van der Waals surface area contributed by atoms with Crippen molar-refractivity contribution in [3.8, 4) is 0 Å². The summed E-state index contributed by atoms with van der Waals surface area (Å²) in [6, 6.07) is 0.109. The summed E-state index contributed by atoms with van der Waals surface area (Å²) in [5, 5.41) is 0. The third-order valence-corrected chi connectivity index (χ3v) is 3.08. The largest absolute Gasteiger partial charge is 0.306 e. The van der Waals surface area contributed by atoms with Crippen LogP contribution in [0.2, 0.25) is 0 Å². The zero-order chi connectivity index (χ0) is 10.7. The Morgan fingerprint density at radius 3 is 2.57 bits per heavy atom. The van der Waals surface area contributed by atoms with E-state index in [0.717, 1.165) is 6.54 Å². The fourth-order valence-corrected chi connectivity index (χ4v) is 2.58. The van der Waals surface area contributed by atoms with Crippen molar-refractivity contribution in [3.05, 3.63) is 0 Å². The van der Waals surface area contributed by atoms with Gasteiger partial charge in [0.15, 0.2) is 0 Å². The molecule has 82 valence electrons. The minimum atomic E-state index is 0.109. The van der Waals surface area contributed by atoms with Crippen molar-refractivity contribution in [1.29, 1.82) is 0 Å². The fourth-order valence-electron chi connectivity index (χ4n) is 2.58. The second-order valence-electron chi connectivity index (χ2n) is 4.68. The molecule has 0 N–H and O–H groups in total. The van der Waals surface area contributed by atoms with Crippen LogP contribution in [0.5, 0.6) is 0 Å². The van der Waals surface area contributed by atoms with Crippen LogP contribution in [0, 0.1) is 5.92 Å². The number of hydrogen-bond donors (Lipinski definition) is 0. The Morgan fingerprint density at radius 1 is 1.50 bits per heavy atom. The van der Waals surface area contributed by atoms with E-state index in [-0.39, 0.29) is 6.04 Å². The summed E-state index contributed by atoms with van der Waals surface area (Å²) in [5.41, 5.74) is 0. The van der Waals surface area contributed by atoms with Crippen molar-refractivity contribution in [2.45, 2.75) is 25.8 Å². The van der Waals surface area contributed by atoms with E-state index in [9.17, 15) is 4.79 Å². The molecule has 1 heterocycles. The summed E-state index contributed by atoms with van der Waals surface area (Å²) < 4.78 is 0. The number of carbonyl (C=O) groups excluding carboxylic acids is 1. The van der Waals surface area contributed by atoms with Gasteiger partial charge in [-0.15, -0.1) is 0 Å². The van der Waals surface area contributed by atoms with Gasteiger partial charge in [-0.2, -0.15) is 0 Å². The summed E-state index contributed by atoms with van der Waals surface area (Å²) in [6.07, 6.45) is 2.41. The number of nitrogens with zero attached hydrogens (tertiary/aromatic N) is 2. The molecule has 2 atom stereocenters. The summed E-state index contributed by atoms with van der Waals surface area (Å²) in [6.45, 7) is 3.94. The summed E-state index contributed by atoms with van der Waals surface area (Å²) in [4.78, 5) is 15.9. The van der Waals surface area contributed by atoms with Crippen LogP contribution in [0.3, 0.4) is 0 Å². The topological polar surface area (TPSA) is 23.6 Å². The van der Waals surface area contributed by atoms with Gasteiger partial charge in [0.25, 0.3) is 0 Å². The molecule has 2 unspecified atom stereocenters. The molecule has 1 fully saturated rings. The minimum Gasteiger partial charge on any atom is -0.306 e. The van der Waals surface area contributed by atoms with Gasteiger partial charge in [0, 0.05) is 6.54 Å². The second-order valence-corrected chi connectivity index (χ2v) is 4.68. The van der Waals surface area contributed by atoms with Crippen LogP contribution in [0.25, 0.3) is 0 Å². The van der Waals surface area contributed by atoms with Gasteiger partial charge in [0.05, 0.1) is 6.04 Å². The number of hydrogen-bond acceptors (Lipinski definition) is 3. The highest BCUT2D eigenvalue weighted by Gasteiger charge is 2.30. The maximum absolute atomic E-state index is 11.5. The van der Waals surface area contributed by atoms with E-state index < -0.39 is 0 Å². The Balaban J connectivity index is 2.63. The fraction of sp³-hybridized carbons (Fsp3) is 0.909. The molecule has 1 aliphatic rings. The highest BCUT2D eigenvalue weighted by atomic mass is 16.1. The molecule has 14 heavy (non-hydrogen) atoms. The first kappa shape index (κ1) is 11.7. The maximum atomic E-state index is 11.5. The van der Waals surface area contributed by atoms with Crippen LogP contribution in [-0.4, -0.2) is 55.9 Å². The van der Waals surface area contributed by atoms with Gasteiger partial charge >= 0.3 is 0 Å². The Bertz CT molecular complexity index is 203. The van der Waals surface area contributed by atoms with E-state index >= 15 is 0 Å². The molecule has 0 radical (unpaired) electrons. The Labute approximate surface area is 87.1 Å². The SMILES string of the molecule is CC(=O)C(C1CCCN(C)C1)N(C)C. The van der Waals surface area contributed by atoms with Gasteiger partial charge in [0.2, 0.25) is 0 Å². The van der Waals surface area contributed by atoms with Gasteiger partial charge in [-0.25, -0.2) is 0 Å². The molecule has 3 nitrogen and oxygen atoms in total. The number of likely N-dealkylation sites (tertiary alicyclic amines) is 1. The molecule has 3 heteroatoms. The van der Waals surface area contributed by atoms with E-state index in [1.54, 1.807) is 6.92 Å². The number of piperidine rings is 1. The summed E-state index contributed by atoms with van der Waals surface area (Å²) in [7, 11) is 6.14. The third kappa shape index (κ3) is 2.79. The molecule has 0 aromatic carbocycles. The van der Waals surface area contributed by atoms with Crippen LogP contribution in [0.1, 0.15) is 19.8 Å². The third-order valence-electron chi connectivity index (χ3n) is 3.08. The molecule has 1 aliphatic heterocycles. The van der Waals surface area contributed by atoms with Crippen molar-refractivity contribution in [1.82, 2.24) is 9.80 Å². The predicted molar refractivity (Wildman–Crippen MR) is 58.4 cm³/mol. The van der Waals surface area contributed by atoms with Crippen molar-refractivity contribution in [2.75, 3.05) is 34.2 Å². The average molecular weight is 198 g/mol. The number of ketones is 1. The van der Waals surface area contributed by atoms with Crippen molar-refractivity contribution >= 4 is 5.78 Å². The summed E-state index contributed by atoms with van der Waals surface area (Å²) in [5.74, 6) is 0.816. The second kappa shape index (κ2) is 4.89. The molecule has 1 rings (SSSR count). The van der Waals surface area contributed by atoms with E-state index in [4.69, 9.17) is 0 Å². The lowest BCUT2D eigenvalue weighted by molar-refractivity contribution is -0.123. The van der Waals surface area contributed by atoms with Gasteiger partial charge < -0.3 is 4.90 Å². The number of rotatable bonds is 3. The van der Waals surface area contributed by atoms with E-state index in [0.29, 0.717) is 11.7 Å². The van der Waals surface area contributed by atoms with E-state index in [2.05, 4.69) is 16.8 Å². The lowest BCUT2D eigenvalue weighted by atomic mass is 9.88. The van der Waals surface area contributed by atoms with Crippen LogP contribution >= 0.6 is 0 Å². The van der Waals surface area contributed by atoms with Crippen LogP contribution in [-0.2, 0) is 4.79 Å². The standard InChI is InChI=1S/C11H22N2O/c1-9(14)11(12(2)3)10-6-5-7-13(4)8-10/h10-11H,5-8H2,1-4H3. The normalized spacial score (nSPS) is 26.5. The molecule has 0 aromatic rings. The Kier molecular flexibility index (Phi) is 4.08. The smallest absolute Gasteiger partial charge is 0.147 e. The predicted octanol–water partition coefficient (Wildman–Crippen LogP) is 0.847. The minimum absolute atomic E-state index is 0.109. The van der Waals surface area contributed by atoms with Crippen molar-refractivity contribution in [2.24, 2.45) is 5.92 Å². The highest BCUT2D eigenvalue weighted by molar-refractivity contribution is 5.81. The first-order valence-electron chi connectivity index (χ1n) is 5.37. The highest BCUT2D eigenvalue weighted by Crippen LogP contribution is 2.21. The summed E-state index contributed by atoms with van der Waals surface area (Å²) >= 11 is 0. The molecule has 0 bridgehead atoms. The molecular weight excluding hydrogens is 176 g/mol. The van der Waals surface area contributed by atoms with Crippen molar-refractivity contribution < 1.29 is 4.79 Å². The number of Topliss-reactive ketones (excluding diaryl/α,β-unsaturated/α-hetero) is 1. The van der Waals surface area contributed by atoms with Crippen molar-refractivity contribution in [3.63, 3.8) is 0 Å². The van der Waals surface area contributed by atoms with Gasteiger partial charge in [-0.1, -0.05) is 0 Å². The molecule has 0 saturated carbocycles. The van der Waals surface area contributed by atoms with Crippen LogP contribution in [0.4, 0.5) is 0 Å². The molecule has 0 amide bonds. The van der Waals surface area contributed by atoms with Crippen LogP contribution < -0.4 is 0 Å². The quantitative estimate of drug-likeness (QED) is 0.671. The monoisotopic (exact) mass is 198 g/mol. The van der Waals surface area contributed by atoms with Gasteiger partial charge in [-0.3, -0.25) is 9.69 Å². The zero-order valence-corrected chi connectivity index (χ0v) is 9.79. The maximum Gasteiger partial charge on any atom is 0.147 e.